The number of carboxylic acids is 1. The molecule has 1 aliphatic rings. The Kier molecular flexibility index (Phi) is 4.02. The van der Waals surface area contributed by atoms with Crippen LogP contribution in [0.15, 0.2) is 24.3 Å². The maximum absolute atomic E-state index is 12.4. The smallest absolute Gasteiger partial charge is 0.305 e. The van der Waals surface area contributed by atoms with E-state index in [1.807, 2.05) is 0 Å². The molecule has 0 spiro atoms. The van der Waals surface area contributed by atoms with Gasteiger partial charge in [0.1, 0.15) is 5.75 Å². The van der Waals surface area contributed by atoms with E-state index in [-0.39, 0.29) is 18.5 Å². The number of aliphatic carboxylic acids is 1. The van der Waals surface area contributed by atoms with Crippen LogP contribution in [0.2, 0.25) is 0 Å². The number of amides is 2. The minimum Gasteiger partial charge on any atom is -0.481 e. The van der Waals surface area contributed by atoms with Gasteiger partial charge in [-0.3, -0.25) is 19.3 Å². The summed E-state index contributed by atoms with van der Waals surface area (Å²) in [5, 5.41) is 8.72. The Balaban J connectivity index is 2.37. The Morgan fingerprint density at radius 2 is 2.05 bits per heavy atom. The molecule has 0 aromatic heterocycles. The summed E-state index contributed by atoms with van der Waals surface area (Å²) in [6.07, 6.45) is -0.642. The molecule has 1 aromatic rings. The van der Waals surface area contributed by atoms with Crippen molar-refractivity contribution in [2.24, 2.45) is 0 Å². The Morgan fingerprint density at radius 3 is 2.70 bits per heavy atom. The molecule has 2 rings (SSSR count). The summed E-state index contributed by atoms with van der Waals surface area (Å²) in [6, 6.07) is 6.59. The molecule has 0 saturated carbocycles. The Bertz CT molecular complexity index is 554. The fourth-order valence-electron chi connectivity index (χ4n) is 2.05. The summed E-state index contributed by atoms with van der Waals surface area (Å²) in [5.41, 5.74) is 0.280. The first-order valence-electron chi connectivity index (χ1n) is 6.37. The molecular formula is C14H15NO5. The summed E-state index contributed by atoms with van der Waals surface area (Å²) in [4.78, 5) is 36.2. The fraction of sp³-hybridized carbons (Fsp3) is 0.357. The molecule has 0 saturated heterocycles. The molecule has 6 heteroatoms. The Hall–Kier alpha value is -2.37. The molecular weight excluding hydrogens is 262 g/mol. The molecule has 1 aliphatic heterocycles. The fourth-order valence-corrected chi connectivity index (χ4v) is 2.05. The van der Waals surface area contributed by atoms with E-state index in [0.29, 0.717) is 12.2 Å². The highest BCUT2D eigenvalue weighted by Gasteiger charge is 2.35. The lowest BCUT2D eigenvalue weighted by Crippen LogP contribution is -2.43. The summed E-state index contributed by atoms with van der Waals surface area (Å²) in [5.74, 6) is -1.70. The van der Waals surface area contributed by atoms with Crippen LogP contribution in [0.5, 0.6) is 5.75 Å². The zero-order valence-electron chi connectivity index (χ0n) is 11.0. The summed E-state index contributed by atoms with van der Waals surface area (Å²) >= 11 is 0. The minimum atomic E-state index is -1.06. The molecule has 0 bridgehead atoms. The number of carboxylic acid groups (broad SMARTS) is 1. The predicted octanol–water partition coefficient (Wildman–Crippen LogP) is 1.30. The van der Waals surface area contributed by atoms with Gasteiger partial charge in [-0.2, -0.15) is 0 Å². The monoisotopic (exact) mass is 277 g/mol. The molecule has 1 atom stereocenters. The molecule has 0 radical (unpaired) electrons. The summed E-state index contributed by atoms with van der Waals surface area (Å²) in [7, 11) is 0. The van der Waals surface area contributed by atoms with Crippen molar-refractivity contribution in [2.45, 2.75) is 25.9 Å². The largest absolute Gasteiger partial charge is 0.481 e. The van der Waals surface area contributed by atoms with Crippen LogP contribution in [-0.4, -0.2) is 40.4 Å². The van der Waals surface area contributed by atoms with Gasteiger partial charge in [-0.25, -0.2) is 0 Å². The van der Waals surface area contributed by atoms with Gasteiger partial charge in [0.15, 0.2) is 6.10 Å². The number of carbonyl (C=O) groups excluding carboxylic acids is 2. The van der Waals surface area contributed by atoms with Crippen LogP contribution in [-0.2, 0) is 9.59 Å². The normalized spacial score (nSPS) is 18.2. The maximum Gasteiger partial charge on any atom is 0.305 e. The number of para-hydroxylation sites is 1. The van der Waals surface area contributed by atoms with Gasteiger partial charge in [0, 0.05) is 6.54 Å². The van der Waals surface area contributed by atoms with E-state index in [1.54, 1.807) is 31.2 Å². The second-order valence-electron chi connectivity index (χ2n) is 4.45. The lowest BCUT2D eigenvalue weighted by Gasteiger charge is -2.20. The third-order valence-corrected chi connectivity index (χ3v) is 3.09. The van der Waals surface area contributed by atoms with E-state index in [1.165, 1.54) is 0 Å². The van der Waals surface area contributed by atoms with Gasteiger partial charge in [-0.1, -0.05) is 19.1 Å². The number of hydrogen-bond donors (Lipinski definition) is 1. The number of nitrogens with zero attached hydrogens (tertiary/aromatic N) is 1. The predicted molar refractivity (Wildman–Crippen MR) is 69.4 cm³/mol. The van der Waals surface area contributed by atoms with Crippen molar-refractivity contribution in [3.05, 3.63) is 29.8 Å². The number of ether oxygens (including phenoxy) is 1. The highest BCUT2D eigenvalue weighted by molar-refractivity contribution is 6.08. The van der Waals surface area contributed by atoms with Crippen molar-refractivity contribution in [3.8, 4) is 5.75 Å². The first-order valence-corrected chi connectivity index (χ1v) is 6.37. The van der Waals surface area contributed by atoms with Gasteiger partial charge in [0.05, 0.1) is 12.0 Å². The van der Waals surface area contributed by atoms with Gasteiger partial charge < -0.3 is 9.84 Å². The minimum absolute atomic E-state index is 0.152. The standard InChI is InChI=1S/C14H15NO5/c1-2-10-14(19)15(8-7-12(16)17)13(18)9-5-3-4-6-11(9)20-10/h3-6,10H,2,7-8H2,1H3,(H,16,17). The van der Waals surface area contributed by atoms with Crippen LogP contribution in [0.3, 0.4) is 0 Å². The van der Waals surface area contributed by atoms with Crippen LogP contribution >= 0.6 is 0 Å². The van der Waals surface area contributed by atoms with Crippen molar-refractivity contribution in [1.82, 2.24) is 4.90 Å². The molecule has 1 unspecified atom stereocenters. The van der Waals surface area contributed by atoms with Gasteiger partial charge in [-0.05, 0) is 18.6 Å². The third kappa shape index (κ3) is 2.64. The Labute approximate surface area is 115 Å². The molecule has 6 nitrogen and oxygen atoms in total. The zero-order valence-corrected chi connectivity index (χ0v) is 11.0. The zero-order chi connectivity index (χ0) is 14.7. The molecule has 0 fully saturated rings. The first-order chi connectivity index (χ1) is 9.54. The molecule has 2 amide bonds. The van der Waals surface area contributed by atoms with Gasteiger partial charge in [-0.15, -0.1) is 0 Å². The Morgan fingerprint density at radius 1 is 1.35 bits per heavy atom. The molecule has 1 heterocycles. The summed E-state index contributed by atoms with van der Waals surface area (Å²) < 4.78 is 5.57. The van der Waals surface area contributed by atoms with Crippen LogP contribution in [0.25, 0.3) is 0 Å². The number of carbonyl (C=O) groups is 3. The van der Waals surface area contributed by atoms with Crippen molar-refractivity contribution >= 4 is 17.8 Å². The molecule has 20 heavy (non-hydrogen) atoms. The maximum atomic E-state index is 12.4. The molecule has 106 valence electrons. The van der Waals surface area contributed by atoms with Crippen LogP contribution < -0.4 is 4.74 Å². The van der Waals surface area contributed by atoms with E-state index >= 15 is 0 Å². The van der Waals surface area contributed by atoms with E-state index < -0.39 is 23.9 Å². The van der Waals surface area contributed by atoms with E-state index in [9.17, 15) is 14.4 Å². The average Bonchev–Trinajstić information content (AvgIpc) is 2.53. The molecule has 1 N–H and O–H groups in total. The van der Waals surface area contributed by atoms with Crippen molar-refractivity contribution in [2.75, 3.05) is 6.54 Å². The number of rotatable bonds is 4. The van der Waals surface area contributed by atoms with Gasteiger partial charge in [0.25, 0.3) is 11.8 Å². The number of imide groups is 1. The van der Waals surface area contributed by atoms with Crippen LogP contribution in [0.4, 0.5) is 0 Å². The van der Waals surface area contributed by atoms with E-state index in [4.69, 9.17) is 9.84 Å². The first kappa shape index (κ1) is 14.0. The molecule has 1 aromatic carbocycles. The molecule has 0 aliphatic carbocycles. The summed E-state index contributed by atoms with van der Waals surface area (Å²) in [6.45, 7) is 1.62. The highest BCUT2D eigenvalue weighted by atomic mass is 16.5. The van der Waals surface area contributed by atoms with Crippen LogP contribution in [0.1, 0.15) is 30.1 Å². The quantitative estimate of drug-likeness (QED) is 0.839. The third-order valence-electron chi connectivity index (χ3n) is 3.09. The highest BCUT2D eigenvalue weighted by Crippen LogP contribution is 2.26. The number of benzene rings is 1. The SMILES string of the molecule is CCC1Oc2ccccc2C(=O)N(CCC(=O)O)C1=O. The second kappa shape index (κ2) is 5.73. The second-order valence-corrected chi connectivity index (χ2v) is 4.45. The van der Waals surface area contributed by atoms with Gasteiger partial charge >= 0.3 is 5.97 Å². The topological polar surface area (TPSA) is 83.9 Å². The lowest BCUT2D eigenvalue weighted by molar-refractivity contribution is -0.139. The van der Waals surface area contributed by atoms with E-state index in [2.05, 4.69) is 0 Å². The van der Waals surface area contributed by atoms with E-state index in [0.717, 1.165) is 4.90 Å². The van der Waals surface area contributed by atoms with Crippen molar-refractivity contribution in [1.29, 1.82) is 0 Å². The van der Waals surface area contributed by atoms with Crippen LogP contribution in [0, 0.1) is 0 Å². The van der Waals surface area contributed by atoms with Crippen molar-refractivity contribution < 1.29 is 24.2 Å². The number of fused-ring (bicyclic) bond motifs is 1. The lowest BCUT2D eigenvalue weighted by atomic mass is 10.1. The van der Waals surface area contributed by atoms with Gasteiger partial charge in [0.2, 0.25) is 0 Å². The van der Waals surface area contributed by atoms with Crippen molar-refractivity contribution in [3.63, 3.8) is 0 Å². The average molecular weight is 277 g/mol. The number of hydrogen-bond acceptors (Lipinski definition) is 4.